The molecule has 0 saturated heterocycles. The molecule has 1 aromatic rings. The van der Waals surface area contributed by atoms with Gasteiger partial charge < -0.3 is 10.6 Å². The summed E-state index contributed by atoms with van der Waals surface area (Å²) >= 11 is 5.53. The van der Waals surface area contributed by atoms with E-state index >= 15 is 0 Å². The number of anilines is 1. The van der Waals surface area contributed by atoms with E-state index in [4.69, 9.17) is 12.2 Å². The Kier molecular flexibility index (Phi) is 5.63. The van der Waals surface area contributed by atoms with Crippen LogP contribution < -0.4 is 10.6 Å². The van der Waals surface area contributed by atoms with Gasteiger partial charge in [0, 0.05) is 11.7 Å². The molecule has 1 aliphatic rings. The first-order chi connectivity index (χ1) is 9.99. The van der Waals surface area contributed by atoms with Gasteiger partial charge in [-0.05, 0) is 62.4 Å². The highest BCUT2D eigenvalue weighted by Gasteiger charge is 2.19. The molecule has 3 heteroatoms. The van der Waals surface area contributed by atoms with Crippen molar-refractivity contribution in [1.29, 1.82) is 0 Å². The molecular weight excluding hydrogens is 276 g/mol. The third-order valence-corrected chi connectivity index (χ3v) is 4.67. The lowest BCUT2D eigenvalue weighted by Gasteiger charge is -2.29. The average Bonchev–Trinajstić information content (AvgIpc) is 2.41. The molecule has 0 heterocycles. The van der Waals surface area contributed by atoms with Crippen LogP contribution in [0, 0.1) is 19.8 Å². The highest BCUT2D eigenvalue weighted by Crippen LogP contribution is 2.25. The molecule has 2 unspecified atom stereocenters. The summed E-state index contributed by atoms with van der Waals surface area (Å²) in [5.41, 5.74) is 5.11. The number of rotatable bonds is 3. The Morgan fingerprint density at radius 2 is 2.05 bits per heavy atom. The topological polar surface area (TPSA) is 24.1 Å². The van der Waals surface area contributed by atoms with Crippen LogP contribution in [0.4, 0.5) is 5.69 Å². The van der Waals surface area contributed by atoms with E-state index in [1.54, 1.807) is 0 Å². The van der Waals surface area contributed by atoms with Gasteiger partial charge in [-0.2, -0.15) is 0 Å². The van der Waals surface area contributed by atoms with Gasteiger partial charge in [0.2, 0.25) is 0 Å². The van der Waals surface area contributed by atoms with E-state index in [1.165, 1.54) is 48.1 Å². The summed E-state index contributed by atoms with van der Waals surface area (Å²) in [6.07, 6.45) is 6.16. The van der Waals surface area contributed by atoms with Gasteiger partial charge in [-0.25, -0.2) is 0 Å². The van der Waals surface area contributed by atoms with Gasteiger partial charge in [0.25, 0.3) is 0 Å². The van der Waals surface area contributed by atoms with E-state index < -0.39 is 0 Å². The van der Waals surface area contributed by atoms with Crippen LogP contribution in [0.5, 0.6) is 0 Å². The Morgan fingerprint density at radius 3 is 2.71 bits per heavy atom. The lowest BCUT2D eigenvalue weighted by atomic mass is 9.87. The van der Waals surface area contributed by atoms with Crippen molar-refractivity contribution in [3.63, 3.8) is 0 Å². The van der Waals surface area contributed by atoms with Crippen LogP contribution in [0.3, 0.4) is 0 Å². The Labute approximate surface area is 134 Å². The first-order valence-corrected chi connectivity index (χ1v) is 8.58. The Hall–Kier alpha value is -1.09. The number of hydrogen-bond donors (Lipinski definition) is 2. The smallest absolute Gasteiger partial charge is 0.171 e. The molecule has 2 N–H and O–H groups in total. The molecule has 116 valence electrons. The average molecular weight is 305 g/mol. The largest absolute Gasteiger partial charge is 0.360 e. The van der Waals surface area contributed by atoms with Crippen LogP contribution in [0.1, 0.15) is 56.2 Å². The third-order valence-electron chi connectivity index (χ3n) is 4.45. The molecule has 1 saturated carbocycles. The third kappa shape index (κ3) is 4.44. The molecule has 2 nitrogen and oxygen atoms in total. The van der Waals surface area contributed by atoms with Gasteiger partial charge in [-0.1, -0.05) is 44.4 Å². The fraction of sp³-hybridized carbons (Fsp3) is 0.611. The van der Waals surface area contributed by atoms with Crippen LogP contribution in [0.15, 0.2) is 12.1 Å². The maximum atomic E-state index is 5.53. The Bertz CT molecular complexity index is 510. The summed E-state index contributed by atoms with van der Waals surface area (Å²) in [7, 11) is 0. The lowest BCUT2D eigenvalue weighted by molar-refractivity contribution is 0.327. The normalized spacial score (nSPS) is 21.9. The SMILES string of the molecule is CCc1cc(C)cc(C)c1NC(=S)NC1CCCC(C)C1. The van der Waals surface area contributed by atoms with Crippen LogP contribution in [0.2, 0.25) is 0 Å². The summed E-state index contributed by atoms with van der Waals surface area (Å²) in [6.45, 7) is 8.83. The molecule has 21 heavy (non-hydrogen) atoms. The van der Waals surface area contributed by atoms with Crippen molar-refractivity contribution in [3.8, 4) is 0 Å². The van der Waals surface area contributed by atoms with Gasteiger partial charge in [0.1, 0.15) is 0 Å². The van der Waals surface area contributed by atoms with Gasteiger partial charge in [0.15, 0.2) is 5.11 Å². The fourth-order valence-electron chi connectivity index (χ4n) is 3.41. The van der Waals surface area contributed by atoms with E-state index in [0.717, 1.165) is 17.5 Å². The molecule has 0 spiro atoms. The van der Waals surface area contributed by atoms with E-state index in [9.17, 15) is 0 Å². The highest BCUT2D eigenvalue weighted by atomic mass is 32.1. The molecule has 0 bridgehead atoms. The lowest BCUT2D eigenvalue weighted by Crippen LogP contribution is -2.40. The van der Waals surface area contributed by atoms with Crippen LogP contribution >= 0.6 is 12.2 Å². The molecule has 1 aliphatic carbocycles. The van der Waals surface area contributed by atoms with Crippen molar-refractivity contribution in [2.24, 2.45) is 5.92 Å². The summed E-state index contributed by atoms with van der Waals surface area (Å²) in [4.78, 5) is 0. The monoisotopic (exact) mass is 304 g/mol. The van der Waals surface area contributed by atoms with Gasteiger partial charge >= 0.3 is 0 Å². The fourth-order valence-corrected chi connectivity index (χ4v) is 3.68. The van der Waals surface area contributed by atoms with E-state index in [-0.39, 0.29) is 0 Å². The molecular formula is C18H28N2S. The zero-order valence-electron chi connectivity index (χ0n) is 13.8. The molecule has 0 radical (unpaired) electrons. The maximum Gasteiger partial charge on any atom is 0.171 e. The molecule has 0 amide bonds. The van der Waals surface area contributed by atoms with Crippen molar-refractivity contribution < 1.29 is 0 Å². The number of hydrogen-bond acceptors (Lipinski definition) is 1. The highest BCUT2D eigenvalue weighted by molar-refractivity contribution is 7.80. The summed E-state index contributed by atoms with van der Waals surface area (Å²) in [6, 6.07) is 5.00. The first-order valence-electron chi connectivity index (χ1n) is 8.17. The van der Waals surface area contributed by atoms with Crippen molar-refractivity contribution in [2.45, 2.75) is 65.8 Å². The molecule has 1 fully saturated rings. The number of nitrogens with one attached hydrogen (secondary N) is 2. The second-order valence-electron chi connectivity index (χ2n) is 6.54. The molecule has 0 aromatic heterocycles. The van der Waals surface area contributed by atoms with E-state index in [1.807, 2.05) is 0 Å². The number of benzene rings is 1. The van der Waals surface area contributed by atoms with Crippen molar-refractivity contribution in [3.05, 3.63) is 28.8 Å². The van der Waals surface area contributed by atoms with Crippen molar-refractivity contribution in [2.75, 3.05) is 5.32 Å². The molecule has 2 rings (SSSR count). The molecule has 2 atom stereocenters. The first kappa shape index (κ1) is 16.3. The number of aryl methyl sites for hydroxylation is 3. The van der Waals surface area contributed by atoms with E-state index in [2.05, 4.69) is 50.5 Å². The minimum Gasteiger partial charge on any atom is -0.360 e. The van der Waals surface area contributed by atoms with Crippen molar-refractivity contribution >= 4 is 23.0 Å². The predicted octanol–water partition coefficient (Wildman–Crippen LogP) is 4.73. The predicted molar refractivity (Wildman–Crippen MR) is 96.1 cm³/mol. The van der Waals surface area contributed by atoms with Crippen molar-refractivity contribution in [1.82, 2.24) is 5.32 Å². The molecule has 0 aliphatic heterocycles. The quantitative estimate of drug-likeness (QED) is 0.789. The maximum absolute atomic E-state index is 5.53. The zero-order valence-corrected chi connectivity index (χ0v) is 14.6. The van der Waals surface area contributed by atoms with Gasteiger partial charge in [0.05, 0.1) is 0 Å². The number of thiocarbonyl (C=S) groups is 1. The van der Waals surface area contributed by atoms with Crippen LogP contribution in [-0.2, 0) is 6.42 Å². The summed E-state index contributed by atoms with van der Waals surface area (Å²) in [5, 5.41) is 7.72. The minimum atomic E-state index is 0.532. The second-order valence-corrected chi connectivity index (χ2v) is 6.94. The van der Waals surface area contributed by atoms with Crippen LogP contribution in [-0.4, -0.2) is 11.2 Å². The van der Waals surface area contributed by atoms with Gasteiger partial charge in [-0.3, -0.25) is 0 Å². The Morgan fingerprint density at radius 1 is 1.29 bits per heavy atom. The second kappa shape index (κ2) is 7.26. The standard InChI is InChI=1S/C18H28N2S/c1-5-15-10-13(3)9-14(4)17(15)20-18(21)19-16-8-6-7-12(2)11-16/h9-10,12,16H,5-8,11H2,1-4H3,(H2,19,20,21). The van der Waals surface area contributed by atoms with Crippen LogP contribution in [0.25, 0.3) is 0 Å². The summed E-state index contributed by atoms with van der Waals surface area (Å²) < 4.78 is 0. The van der Waals surface area contributed by atoms with E-state index in [0.29, 0.717) is 6.04 Å². The van der Waals surface area contributed by atoms with Gasteiger partial charge in [-0.15, -0.1) is 0 Å². The minimum absolute atomic E-state index is 0.532. The summed E-state index contributed by atoms with van der Waals surface area (Å²) in [5.74, 6) is 0.811. The molecule has 1 aromatic carbocycles. The zero-order chi connectivity index (χ0) is 15.4. The Balaban J connectivity index is 2.02.